The first-order valence-corrected chi connectivity index (χ1v) is 6.62. The van der Waals surface area contributed by atoms with E-state index in [1.54, 1.807) is 6.07 Å². The van der Waals surface area contributed by atoms with Crippen LogP contribution in [0.25, 0.3) is 0 Å². The van der Waals surface area contributed by atoms with E-state index >= 15 is 0 Å². The number of hydrogen-bond donors (Lipinski definition) is 3. The van der Waals surface area contributed by atoms with Gasteiger partial charge in [-0.2, -0.15) is 0 Å². The monoisotopic (exact) mass is 282 g/mol. The van der Waals surface area contributed by atoms with Crippen molar-refractivity contribution in [3.8, 4) is 0 Å². The number of carbonyl (C=O) groups excluding carboxylic acids is 1. The molecule has 0 aliphatic heterocycles. The molecule has 0 heterocycles. The van der Waals surface area contributed by atoms with Crippen LogP contribution < -0.4 is 16.4 Å². The van der Waals surface area contributed by atoms with Crippen LogP contribution in [0.3, 0.4) is 0 Å². The molecule has 0 saturated heterocycles. The number of anilines is 2. The quantitative estimate of drug-likeness (QED) is 0.595. The van der Waals surface area contributed by atoms with E-state index in [9.17, 15) is 4.79 Å². The Morgan fingerprint density at radius 1 is 1.05 bits per heavy atom. The summed E-state index contributed by atoms with van der Waals surface area (Å²) in [6, 6.07) is 17.2. The highest BCUT2D eigenvalue weighted by atomic mass is 16.1. The van der Waals surface area contributed by atoms with E-state index in [1.165, 1.54) is 6.92 Å². The minimum atomic E-state index is -0.113. The van der Waals surface area contributed by atoms with Gasteiger partial charge in [0.2, 0.25) is 5.91 Å². The van der Waals surface area contributed by atoms with Crippen molar-refractivity contribution in [3.63, 3.8) is 0 Å². The fraction of sp³-hybridized carbons (Fsp3) is 0.125. The Hall–Kier alpha value is -2.82. The Balaban J connectivity index is 1.98. The van der Waals surface area contributed by atoms with E-state index in [2.05, 4.69) is 15.6 Å². The number of nitrogens with two attached hydrogens (primary N) is 1. The molecule has 21 heavy (non-hydrogen) atoms. The fourth-order valence-electron chi connectivity index (χ4n) is 1.83. The number of amides is 1. The van der Waals surface area contributed by atoms with Crippen molar-refractivity contribution < 1.29 is 4.79 Å². The molecule has 0 aliphatic carbocycles. The van der Waals surface area contributed by atoms with Gasteiger partial charge in [0.25, 0.3) is 0 Å². The fourth-order valence-corrected chi connectivity index (χ4v) is 1.83. The predicted octanol–water partition coefficient (Wildman–Crippen LogP) is 2.57. The molecule has 0 fully saturated rings. The van der Waals surface area contributed by atoms with Crippen molar-refractivity contribution >= 4 is 23.2 Å². The molecule has 0 radical (unpaired) electrons. The van der Waals surface area contributed by atoms with Gasteiger partial charge in [0.15, 0.2) is 5.96 Å². The van der Waals surface area contributed by atoms with Crippen LogP contribution in [0.15, 0.2) is 59.6 Å². The summed E-state index contributed by atoms with van der Waals surface area (Å²) < 4.78 is 0. The maximum Gasteiger partial charge on any atom is 0.221 e. The minimum absolute atomic E-state index is 0.113. The Labute approximate surface area is 123 Å². The second kappa shape index (κ2) is 7.09. The Bertz CT molecular complexity index is 638. The summed E-state index contributed by atoms with van der Waals surface area (Å²) in [5.74, 6) is 0.219. The average Bonchev–Trinajstić information content (AvgIpc) is 2.46. The maximum atomic E-state index is 11.0. The summed E-state index contributed by atoms with van der Waals surface area (Å²) in [6.07, 6.45) is 0. The Kier molecular flexibility index (Phi) is 4.93. The zero-order chi connectivity index (χ0) is 15.1. The molecule has 1 amide bonds. The van der Waals surface area contributed by atoms with Crippen LogP contribution in [0.1, 0.15) is 12.5 Å². The second-order valence-corrected chi connectivity index (χ2v) is 4.57. The lowest BCUT2D eigenvalue weighted by Gasteiger charge is -2.08. The van der Waals surface area contributed by atoms with E-state index in [4.69, 9.17) is 5.73 Å². The van der Waals surface area contributed by atoms with E-state index in [1.807, 2.05) is 48.5 Å². The van der Waals surface area contributed by atoms with Crippen molar-refractivity contribution in [2.75, 3.05) is 10.6 Å². The third-order valence-corrected chi connectivity index (χ3v) is 2.73. The van der Waals surface area contributed by atoms with Gasteiger partial charge in [-0.05, 0) is 23.8 Å². The molecule has 2 aromatic carbocycles. The largest absolute Gasteiger partial charge is 0.370 e. The van der Waals surface area contributed by atoms with Crippen molar-refractivity contribution in [2.24, 2.45) is 10.7 Å². The zero-order valence-corrected chi connectivity index (χ0v) is 11.8. The molecule has 5 heteroatoms. The Morgan fingerprint density at radius 2 is 1.71 bits per heavy atom. The average molecular weight is 282 g/mol. The van der Waals surface area contributed by atoms with E-state index in [-0.39, 0.29) is 5.91 Å². The highest BCUT2D eigenvalue weighted by Crippen LogP contribution is 2.14. The number of carbonyl (C=O) groups is 1. The molecule has 0 aliphatic rings. The molecule has 108 valence electrons. The highest BCUT2D eigenvalue weighted by molar-refractivity contribution is 5.94. The second-order valence-electron chi connectivity index (χ2n) is 4.57. The number of rotatable bonds is 4. The first-order valence-electron chi connectivity index (χ1n) is 6.62. The summed E-state index contributed by atoms with van der Waals surface area (Å²) in [6.45, 7) is 1.99. The van der Waals surface area contributed by atoms with Gasteiger partial charge in [0, 0.05) is 18.3 Å². The smallest absolute Gasteiger partial charge is 0.221 e. The molecule has 0 unspecified atom stereocenters. The van der Waals surface area contributed by atoms with Gasteiger partial charge >= 0.3 is 0 Å². The van der Waals surface area contributed by atoms with Gasteiger partial charge in [-0.25, -0.2) is 4.99 Å². The lowest BCUT2D eigenvalue weighted by molar-refractivity contribution is -0.114. The summed E-state index contributed by atoms with van der Waals surface area (Å²) in [7, 11) is 0. The molecule has 0 atom stereocenters. The summed E-state index contributed by atoms with van der Waals surface area (Å²) in [5.41, 5.74) is 8.43. The summed E-state index contributed by atoms with van der Waals surface area (Å²) in [4.78, 5) is 15.3. The van der Waals surface area contributed by atoms with Crippen LogP contribution in [-0.2, 0) is 11.3 Å². The predicted molar refractivity (Wildman–Crippen MR) is 86.1 cm³/mol. The third-order valence-electron chi connectivity index (χ3n) is 2.73. The molecule has 0 spiro atoms. The van der Waals surface area contributed by atoms with Gasteiger partial charge in [-0.1, -0.05) is 36.4 Å². The van der Waals surface area contributed by atoms with Crippen molar-refractivity contribution in [2.45, 2.75) is 13.5 Å². The zero-order valence-electron chi connectivity index (χ0n) is 11.8. The number of hydrogen-bond acceptors (Lipinski definition) is 2. The summed E-state index contributed by atoms with van der Waals surface area (Å²) in [5, 5.41) is 5.72. The molecule has 0 bridgehead atoms. The topological polar surface area (TPSA) is 79.5 Å². The van der Waals surface area contributed by atoms with Gasteiger partial charge < -0.3 is 16.4 Å². The Morgan fingerprint density at radius 3 is 2.38 bits per heavy atom. The number of guanidine groups is 1. The molecule has 2 aromatic rings. The minimum Gasteiger partial charge on any atom is -0.370 e. The molecule has 0 saturated carbocycles. The normalized spacial score (nSPS) is 11.0. The molecule has 5 nitrogen and oxygen atoms in total. The van der Waals surface area contributed by atoms with Gasteiger partial charge in [0.1, 0.15) is 0 Å². The van der Waals surface area contributed by atoms with E-state index in [0.29, 0.717) is 18.2 Å². The first-order chi connectivity index (χ1) is 10.1. The van der Waals surface area contributed by atoms with Crippen molar-refractivity contribution in [1.82, 2.24) is 0 Å². The number of nitrogens with one attached hydrogen (secondary N) is 2. The van der Waals surface area contributed by atoms with E-state index in [0.717, 1.165) is 11.3 Å². The van der Waals surface area contributed by atoms with Crippen molar-refractivity contribution in [1.29, 1.82) is 0 Å². The summed E-state index contributed by atoms with van der Waals surface area (Å²) >= 11 is 0. The first kappa shape index (κ1) is 14.6. The number of aliphatic imine (C=N–C) groups is 1. The van der Waals surface area contributed by atoms with E-state index < -0.39 is 0 Å². The molecule has 0 aromatic heterocycles. The van der Waals surface area contributed by atoms with Crippen molar-refractivity contribution in [3.05, 3.63) is 60.2 Å². The highest BCUT2D eigenvalue weighted by Gasteiger charge is 1.99. The van der Waals surface area contributed by atoms with Crippen LogP contribution in [-0.4, -0.2) is 11.9 Å². The maximum absolute atomic E-state index is 11.0. The SMILES string of the molecule is CC(=O)Nc1cccc(NC(N)=NCc2ccccc2)c1. The molecular weight excluding hydrogens is 264 g/mol. The number of nitrogens with zero attached hydrogens (tertiary/aromatic N) is 1. The lowest BCUT2D eigenvalue weighted by atomic mass is 10.2. The van der Waals surface area contributed by atoms with Crippen LogP contribution in [0.5, 0.6) is 0 Å². The van der Waals surface area contributed by atoms with Crippen LogP contribution >= 0.6 is 0 Å². The number of benzene rings is 2. The standard InChI is InChI=1S/C16H18N4O/c1-12(21)19-14-8-5-9-15(10-14)20-16(17)18-11-13-6-3-2-4-7-13/h2-10H,11H2,1H3,(H,19,21)(H3,17,18,20). The van der Waals surface area contributed by atoms with Crippen LogP contribution in [0.4, 0.5) is 11.4 Å². The molecule has 4 N–H and O–H groups in total. The van der Waals surface area contributed by atoms with Crippen LogP contribution in [0, 0.1) is 0 Å². The molecule has 2 rings (SSSR count). The lowest BCUT2D eigenvalue weighted by Crippen LogP contribution is -2.22. The third kappa shape index (κ3) is 4.99. The van der Waals surface area contributed by atoms with Gasteiger partial charge in [-0.3, -0.25) is 4.79 Å². The molecular formula is C16H18N4O. The van der Waals surface area contributed by atoms with Gasteiger partial charge in [0.05, 0.1) is 6.54 Å². The van der Waals surface area contributed by atoms with Crippen LogP contribution in [0.2, 0.25) is 0 Å². The van der Waals surface area contributed by atoms with Gasteiger partial charge in [-0.15, -0.1) is 0 Å².